The molecule has 1 atom stereocenters. The van der Waals surface area contributed by atoms with Crippen LogP contribution < -0.4 is 10.5 Å². The van der Waals surface area contributed by atoms with Crippen molar-refractivity contribution in [2.24, 2.45) is 14.1 Å². The van der Waals surface area contributed by atoms with Crippen LogP contribution in [0.4, 0.5) is 5.82 Å². The van der Waals surface area contributed by atoms with Crippen LogP contribution in [0.25, 0.3) is 22.0 Å². The van der Waals surface area contributed by atoms with Crippen LogP contribution in [0.2, 0.25) is 5.02 Å². The summed E-state index contributed by atoms with van der Waals surface area (Å²) in [6.07, 6.45) is 3.70. The van der Waals surface area contributed by atoms with Crippen molar-refractivity contribution in [3.8, 4) is 11.3 Å². The van der Waals surface area contributed by atoms with Gasteiger partial charge >= 0.3 is 0 Å². The van der Waals surface area contributed by atoms with Crippen LogP contribution in [0.3, 0.4) is 0 Å². The van der Waals surface area contributed by atoms with E-state index in [4.69, 9.17) is 21.3 Å². The topological polar surface area (TPSA) is 65.2 Å². The maximum Gasteiger partial charge on any atom is 0.258 e. The summed E-state index contributed by atoms with van der Waals surface area (Å²) in [5, 5.41) is 6.42. The molecule has 7 nitrogen and oxygen atoms in total. The Balaban J connectivity index is 1.64. The van der Waals surface area contributed by atoms with Crippen molar-refractivity contribution < 1.29 is 4.74 Å². The van der Waals surface area contributed by atoms with Gasteiger partial charge < -0.3 is 14.2 Å². The van der Waals surface area contributed by atoms with Crippen LogP contribution in [0.1, 0.15) is 17.4 Å². The molecule has 1 saturated heterocycles. The molecule has 8 heteroatoms. The van der Waals surface area contributed by atoms with Crippen molar-refractivity contribution >= 4 is 28.2 Å². The zero-order valence-corrected chi connectivity index (χ0v) is 19.0. The molecule has 0 radical (unpaired) electrons. The van der Waals surface area contributed by atoms with Crippen LogP contribution in [0.5, 0.6) is 0 Å². The molecule has 4 heterocycles. The quantitative estimate of drug-likeness (QED) is 0.475. The Kier molecular flexibility index (Phi) is 5.23. The van der Waals surface area contributed by atoms with Crippen LogP contribution in [0.15, 0.2) is 53.6 Å². The zero-order valence-electron chi connectivity index (χ0n) is 18.2. The molecule has 1 aliphatic rings. The molecule has 32 heavy (non-hydrogen) atoms. The predicted octanol–water partition coefficient (Wildman–Crippen LogP) is 3.87. The Bertz CT molecular complexity index is 1360. The average Bonchev–Trinajstić information content (AvgIpc) is 3.24. The van der Waals surface area contributed by atoms with Crippen molar-refractivity contribution in [1.82, 2.24) is 19.3 Å². The molecule has 4 aromatic rings. The van der Waals surface area contributed by atoms with Gasteiger partial charge in [-0.25, -0.2) is 4.98 Å². The molecule has 0 saturated carbocycles. The van der Waals surface area contributed by atoms with Crippen LogP contribution >= 0.6 is 11.6 Å². The van der Waals surface area contributed by atoms with Crippen molar-refractivity contribution in [2.45, 2.75) is 13.0 Å². The average molecular weight is 450 g/mol. The number of hydrogen-bond acceptors (Lipinski definition) is 5. The van der Waals surface area contributed by atoms with Gasteiger partial charge in [0, 0.05) is 60.6 Å². The SMILES string of the molecule is Cc1cc2c(-c3ccc(Cl)cc3)nc(N3CCOC(c4cnn(C)c4)C3)cc2c(=O)n1C. The van der Waals surface area contributed by atoms with E-state index in [9.17, 15) is 4.79 Å². The fourth-order valence-electron chi connectivity index (χ4n) is 4.17. The summed E-state index contributed by atoms with van der Waals surface area (Å²) in [7, 11) is 3.69. The van der Waals surface area contributed by atoms with Gasteiger partial charge in [-0.15, -0.1) is 0 Å². The number of aryl methyl sites for hydroxylation is 2. The van der Waals surface area contributed by atoms with E-state index in [1.165, 1.54) is 0 Å². The monoisotopic (exact) mass is 449 g/mol. The fourth-order valence-corrected chi connectivity index (χ4v) is 4.29. The molecule has 1 unspecified atom stereocenters. The van der Waals surface area contributed by atoms with Crippen molar-refractivity contribution in [3.05, 3.63) is 75.4 Å². The second kappa shape index (κ2) is 8.07. The van der Waals surface area contributed by atoms with Gasteiger partial charge in [-0.3, -0.25) is 9.48 Å². The molecule has 1 fully saturated rings. The molecule has 0 N–H and O–H groups in total. The van der Waals surface area contributed by atoms with E-state index in [1.807, 2.05) is 62.8 Å². The number of nitrogens with zero attached hydrogens (tertiary/aromatic N) is 5. The van der Waals surface area contributed by atoms with E-state index in [0.29, 0.717) is 30.1 Å². The molecule has 0 spiro atoms. The number of pyridine rings is 2. The first-order chi connectivity index (χ1) is 15.4. The molecule has 5 rings (SSSR count). The van der Waals surface area contributed by atoms with E-state index in [1.54, 1.807) is 16.3 Å². The second-order valence-corrected chi connectivity index (χ2v) is 8.64. The number of ether oxygens (including phenoxy) is 1. The first-order valence-electron chi connectivity index (χ1n) is 10.5. The lowest BCUT2D eigenvalue weighted by Gasteiger charge is -2.33. The molecular weight excluding hydrogens is 426 g/mol. The molecule has 0 aliphatic carbocycles. The minimum atomic E-state index is -0.102. The highest BCUT2D eigenvalue weighted by Crippen LogP contribution is 2.32. The summed E-state index contributed by atoms with van der Waals surface area (Å²) < 4.78 is 9.45. The van der Waals surface area contributed by atoms with Gasteiger partial charge in [0.2, 0.25) is 0 Å². The number of aromatic nitrogens is 4. The minimum Gasteiger partial charge on any atom is -0.370 e. The predicted molar refractivity (Wildman–Crippen MR) is 126 cm³/mol. The lowest BCUT2D eigenvalue weighted by molar-refractivity contribution is 0.0395. The van der Waals surface area contributed by atoms with Gasteiger partial charge in [0.25, 0.3) is 5.56 Å². The third-order valence-electron chi connectivity index (χ3n) is 6.07. The zero-order chi connectivity index (χ0) is 22.4. The van der Waals surface area contributed by atoms with Crippen LogP contribution in [-0.2, 0) is 18.8 Å². The van der Waals surface area contributed by atoms with E-state index in [2.05, 4.69) is 10.00 Å². The number of hydrogen-bond donors (Lipinski definition) is 0. The highest BCUT2D eigenvalue weighted by Gasteiger charge is 2.25. The Morgan fingerprint density at radius 3 is 2.62 bits per heavy atom. The highest BCUT2D eigenvalue weighted by molar-refractivity contribution is 6.30. The summed E-state index contributed by atoms with van der Waals surface area (Å²) in [5.74, 6) is 0.764. The molecule has 0 bridgehead atoms. The normalized spacial score (nSPS) is 16.6. The summed E-state index contributed by atoms with van der Waals surface area (Å²) in [5.41, 5.74) is 3.58. The Morgan fingerprint density at radius 2 is 1.91 bits per heavy atom. The number of rotatable bonds is 3. The number of fused-ring (bicyclic) bond motifs is 1. The molecule has 164 valence electrons. The molecular formula is C24H24ClN5O2. The van der Waals surface area contributed by atoms with Crippen molar-refractivity contribution in [3.63, 3.8) is 0 Å². The van der Waals surface area contributed by atoms with Crippen LogP contribution in [-0.4, -0.2) is 39.0 Å². The Morgan fingerprint density at radius 1 is 1.12 bits per heavy atom. The summed E-state index contributed by atoms with van der Waals surface area (Å²) in [4.78, 5) is 20.4. The lowest BCUT2D eigenvalue weighted by atomic mass is 10.0. The van der Waals surface area contributed by atoms with Gasteiger partial charge in [-0.1, -0.05) is 23.7 Å². The van der Waals surface area contributed by atoms with Crippen LogP contribution in [0, 0.1) is 6.92 Å². The molecule has 0 amide bonds. The third kappa shape index (κ3) is 3.67. The first-order valence-corrected chi connectivity index (χ1v) is 10.9. The van der Waals surface area contributed by atoms with Crippen molar-refractivity contribution in [2.75, 3.05) is 24.6 Å². The van der Waals surface area contributed by atoms with Gasteiger partial charge in [0.1, 0.15) is 11.9 Å². The van der Waals surface area contributed by atoms with E-state index in [0.717, 1.165) is 33.7 Å². The molecule has 1 aliphatic heterocycles. The van der Waals surface area contributed by atoms with Gasteiger partial charge in [-0.05, 0) is 31.2 Å². The second-order valence-electron chi connectivity index (χ2n) is 8.20. The van der Waals surface area contributed by atoms with Crippen molar-refractivity contribution in [1.29, 1.82) is 0 Å². The van der Waals surface area contributed by atoms with E-state index < -0.39 is 0 Å². The maximum atomic E-state index is 13.2. The summed E-state index contributed by atoms with van der Waals surface area (Å²) >= 11 is 6.11. The first kappa shape index (κ1) is 20.7. The lowest BCUT2D eigenvalue weighted by Crippen LogP contribution is -2.39. The largest absolute Gasteiger partial charge is 0.370 e. The summed E-state index contributed by atoms with van der Waals surface area (Å²) in [6, 6.07) is 11.5. The summed E-state index contributed by atoms with van der Waals surface area (Å²) in [6.45, 7) is 3.83. The number of anilines is 1. The van der Waals surface area contributed by atoms with E-state index >= 15 is 0 Å². The van der Waals surface area contributed by atoms with Gasteiger partial charge in [0.05, 0.1) is 23.9 Å². The standard InChI is InChI=1S/C24H24ClN5O2/c1-15-10-19-20(24(31)29(15)3)11-22(27-23(19)16-4-6-18(25)7-5-16)30-8-9-32-21(14-30)17-12-26-28(2)13-17/h4-7,10-13,21H,8-9,14H2,1-3H3. The maximum absolute atomic E-state index is 13.2. The number of benzene rings is 1. The number of halogens is 1. The fraction of sp³-hybridized carbons (Fsp3) is 0.292. The van der Waals surface area contributed by atoms with Gasteiger partial charge in [0.15, 0.2) is 0 Å². The Hall–Kier alpha value is -3.16. The minimum absolute atomic E-state index is 0.0315. The smallest absolute Gasteiger partial charge is 0.258 e. The molecule has 1 aromatic carbocycles. The third-order valence-corrected chi connectivity index (χ3v) is 6.32. The molecule has 3 aromatic heterocycles. The number of morpholine rings is 1. The highest BCUT2D eigenvalue weighted by atomic mass is 35.5. The van der Waals surface area contributed by atoms with Gasteiger partial charge in [-0.2, -0.15) is 5.10 Å². The van der Waals surface area contributed by atoms with E-state index in [-0.39, 0.29) is 11.7 Å². The Labute approximate surface area is 190 Å².